The van der Waals surface area contributed by atoms with Gasteiger partial charge >= 0.3 is 0 Å². The largest absolute Gasteiger partial charge is 0.497 e. The Balaban J connectivity index is 0.000000201. The zero-order valence-electron chi connectivity index (χ0n) is 23.6. The first-order valence-corrected chi connectivity index (χ1v) is 13.1. The second-order valence-electron chi connectivity index (χ2n) is 9.42. The van der Waals surface area contributed by atoms with Crippen LogP contribution in [-0.2, 0) is 0 Å². The molecule has 0 saturated heterocycles. The number of ether oxygens (including phenoxy) is 3. The predicted octanol–water partition coefficient (Wildman–Crippen LogP) is 8.26. The molecule has 0 aromatic heterocycles. The molecule has 0 aliphatic carbocycles. The van der Waals surface area contributed by atoms with Crippen molar-refractivity contribution >= 4 is 11.6 Å². The molecule has 5 heteroatoms. The fourth-order valence-corrected chi connectivity index (χ4v) is 3.94. The van der Waals surface area contributed by atoms with Crippen LogP contribution in [0.3, 0.4) is 0 Å². The summed E-state index contributed by atoms with van der Waals surface area (Å²) < 4.78 is 15.9. The number of benzene rings is 5. The molecule has 0 heterocycles. The van der Waals surface area contributed by atoms with Crippen molar-refractivity contribution in [3.05, 3.63) is 155 Å². The van der Waals surface area contributed by atoms with Gasteiger partial charge < -0.3 is 14.2 Å². The Bertz CT molecular complexity index is 1570. The van der Waals surface area contributed by atoms with E-state index >= 15 is 0 Å². The molecule has 5 rings (SSSR count). The van der Waals surface area contributed by atoms with Gasteiger partial charge in [-0.2, -0.15) is 0 Å². The van der Waals surface area contributed by atoms with Crippen molar-refractivity contribution in [2.75, 3.05) is 14.2 Å². The van der Waals surface area contributed by atoms with Gasteiger partial charge in [-0.3, -0.25) is 9.59 Å². The normalized spacial score (nSPS) is 10.1. The molecular weight excluding hydrogens is 512 g/mol. The molecule has 0 spiro atoms. The summed E-state index contributed by atoms with van der Waals surface area (Å²) in [7, 11) is 3.21. The van der Waals surface area contributed by atoms with Crippen LogP contribution in [0.2, 0.25) is 0 Å². The molecule has 206 valence electrons. The van der Waals surface area contributed by atoms with Crippen molar-refractivity contribution in [2.45, 2.75) is 13.8 Å². The Labute approximate surface area is 241 Å². The number of carbonyl (C=O) groups excluding carboxylic acids is 2. The van der Waals surface area contributed by atoms with Gasteiger partial charge in [0.1, 0.15) is 23.0 Å². The Morgan fingerprint density at radius 1 is 0.390 bits per heavy atom. The Morgan fingerprint density at radius 3 is 0.951 bits per heavy atom. The summed E-state index contributed by atoms with van der Waals surface area (Å²) in [6.07, 6.45) is 0. The molecule has 0 amide bonds. The lowest BCUT2D eigenvalue weighted by atomic mass is 10.0. The van der Waals surface area contributed by atoms with Gasteiger partial charge in [0.2, 0.25) is 0 Å². The highest BCUT2D eigenvalue weighted by Gasteiger charge is 2.10. The van der Waals surface area contributed by atoms with E-state index in [-0.39, 0.29) is 11.6 Å². The van der Waals surface area contributed by atoms with Crippen molar-refractivity contribution in [2.24, 2.45) is 0 Å². The van der Waals surface area contributed by atoms with Crippen molar-refractivity contribution in [1.82, 2.24) is 0 Å². The van der Waals surface area contributed by atoms with Crippen LogP contribution in [-0.4, -0.2) is 25.8 Å². The van der Waals surface area contributed by atoms with Gasteiger partial charge in [0.05, 0.1) is 14.2 Å². The summed E-state index contributed by atoms with van der Waals surface area (Å²) in [6.45, 7) is 4.03. The molecule has 0 saturated carbocycles. The smallest absolute Gasteiger partial charge is 0.193 e. The lowest BCUT2D eigenvalue weighted by Crippen LogP contribution is -2.01. The van der Waals surface area contributed by atoms with Crippen molar-refractivity contribution in [3.8, 4) is 23.0 Å². The van der Waals surface area contributed by atoms with Gasteiger partial charge in [-0.1, -0.05) is 47.5 Å². The number of rotatable bonds is 8. The number of ketones is 2. The quantitative estimate of drug-likeness (QED) is 0.184. The van der Waals surface area contributed by atoms with E-state index in [1.807, 2.05) is 62.4 Å². The zero-order valence-corrected chi connectivity index (χ0v) is 23.6. The molecule has 0 bridgehead atoms. The van der Waals surface area contributed by atoms with Crippen LogP contribution in [0.1, 0.15) is 43.0 Å². The summed E-state index contributed by atoms with van der Waals surface area (Å²) in [5.74, 6) is 2.96. The minimum absolute atomic E-state index is 0.0282. The lowest BCUT2D eigenvalue weighted by molar-refractivity contribution is 0.103. The average Bonchev–Trinajstić information content (AvgIpc) is 3.02. The monoisotopic (exact) mass is 544 g/mol. The third-order valence-corrected chi connectivity index (χ3v) is 6.39. The number of aryl methyl sites for hydroxylation is 2. The zero-order chi connectivity index (χ0) is 29.2. The number of hydrogen-bond acceptors (Lipinski definition) is 5. The molecule has 41 heavy (non-hydrogen) atoms. The van der Waals surface area contributed by atoms with Crippen LogP contribution in [0.15, 0.2) is 121 Å². The van der Waals surface area contributed by atoms with Crippen molar-refractivity contribution in [1.29, 1.82) is 0 Å². The molecule has 0 aliphatic rings. The molecular formula is C36H32O5. The third-order valence-electron chi connectivity index (χ3n) is 6.39. The average molecular weight is 545 g/mol. The van der Waals surface area contributed by atoms with Crippen LogP contribution in [0, 0.1) is 13.8 Å². The van der Waals surface area contributed by atoms with Crippen molar-refractivity contribution in [3.63, 3.8) is 0 Å². The van der Waals surface area contributed by atoms with E-state index in [4.69, 9.17) is 14.2 Å². The standard InChI is InChI=1S/C21H18O3.C15H14O2/c1-15-3-9-19(10-4-15)24-20-13-7-17(8-14-20)21(22)16-5-11-18(23-2)12-6-16;1-11-3-5-12(6-4-11)15(16)13-7-9-14(17-2)10-8-13/h3-14H,1-2H3;3-10H,1-2H3. The Hall–Kier alpha value is -5.16. The van der Waals surface area contributed by atoms with Gasteiger partial charge in [0.25, 0.3) is 0 Å². The molecule has 0 unspecified atom stereocenters. The Kier molecular flexibility index (Phi) is 9.68. The van der Waals surface area contributed by atoms with Crippen LogP contribution in [0.4, 0.5) is 0 Å². The van der Waals surface area contributed by atoms with Gasteiger partial charge in [-0.25, -0.2) is 0 Å². The minimum Gasteiger partial charge on any atom is -0.497 e. The van der Waals surface area contributed by atoms with Gasteiger partial charge in [0, 0.05) is 22.3 Å². The fraction of sp³-hybridized carbons (Fsp3) is 0.111. The number of hydrogen-bond donors (Lipinski definition) is 0. The first-order valence-electron chi connectivity index (χ1n) is 13.1. The molecule has 0 N–H and O–H groups in total. The summed E-state index contributed by atoms with van der Waals surface area (Å²) >= 11 is 0. The molecule has 5 nitrogen and oxygen atoms in total. The topological polar surface area (TPSA) is 61.8 Å². The minimum atomic E-state index is -0.0282. The summed E-state index contributed by atoms with van der Waals surface area (Å²) in [4.78, 5) is 24.6. The van der Waals surface area contributed by atoms with Crippen LogP contribution < -0.4 is 14.2 Å². The van der Waals surface area contributed by atoms with E-state index in [0.717, 1.165) is 22.8 Å². The van der Waals surface area contributed by atoms with E-state index in [9.17, 15) is 9.59 Å². The lowest BCUT2D eigenvalue weighted by Gasteiger charge is -2.07. The summed E-state index contributed by atoms with van der Waals surface area (Å²) in [5, 5.41) is 0. The van der Waals surface area contributed by atoms with Gasteiger partial charge in [0.15, 0.2) is 11.6 Å². The second kappa shape index (κ2) is 13.8. The number of methoxy groups -OCH3 is 2. The molecule has 0 aliphatic heterocycles. The number of carbonyl (C=O) groups is 2. The van der Waals surface area contributed by atoms with E-state index in [2.05, 4.69) is 0 Å². The molecule has 0 atom stereocenters. The van der Waals surface area contributed by atoms with E-state index in [1.54, 1.807) is 87.0 Å². The Morgan fingerprint density at radius 2 is 0.634 bits per heavy atom. The van der Waals surface area contributed by atoms with Crippen LogP contribution in [0.25, 0.3) is 0 Å². The SMILES string of the molecule is COc1ccc(C(=O)c2ccc(C)cc2)cc1.COc1ccc(C(=O)c2ccc(Oc3ccc(C)cc3)cc2)cc1. The van der Waals surface area contributed by atoms with E-state index < -0.39 is 0 Å². The summed E-state index contributed by atoms with van der Waals surface area (Å²) in [5.41, 5.74) is 4.97. The maximum absolute atomic E-state index is 12.5. The molecule has 0 radical (unpaired) electrons. The van der Waals surface area contributed by atoms with Gasteiger partial charge in [-0.15, -0.1) is 0 Å². The van der Waals surface area contributed by atoms with Gasteiger partial charge in [-0.05, 0) is 98.8 Å². The predicted molar refractivity (Wildman–Crippen MR) is 162 cm³/mol. The highest BCUT2D eigenvalue weighted by Crippen LogP contribution is 2.23. The fourth-order valence-electron chi connectivity index (χ4n) is 3.94. The first kappa shape index (κ1) is 28.8. The maximum Gasteiger partial charge on any atom is 0.193 e. The van der Waals surface area contributed by atoms with E-state index in [1.165, 1.54) is 5.56 Å². The molecule has 0 fully saturated rings. The maximum atomic E-state index is 12.5. The molecule has 5 aromatic carbocycles. The highest BCUT2D eigenvalue weighted by atomic mass is 16.5. The third kappa shape index (κ3) is 7.93. The van der Waals surface area contributed by atoms with Crippen LogP contribution >= 0.6 is 0 Å². The first-order chi connectivity index (χ1) is 19.9. The van der Waals surface area contributed by atoms with E-state index in [0.29, 0.717) is 28.0 Å². The second-order valence-corrected chi connectivity index (χ2v) is 9.42. The highest BCUT2D eigenvalue weighted by molar-refractivity contribution is 6.09. The van der Waals surface area contributed by atoms with Crippen molar-refractivity contribution < 1.29 is 23.8 Å². The van der Waals surface area contributed by atoms with Crippen LogP contribution in [0.5, 0.6) is 23.0 Å². The summed E-state index contributed by atoms with van der Waals surface area (Å²) in [6, 6.07) is 36.8. The molecule has 5 aromatic rings.